The van der Waals surface area contributed by atoms with E-state index in [1.807, 2.05) is 0 Å². The Labute approximate surface area is 124 Å². The van der Waals surface area contributed by atoms with Gasteiger partial charge in [-0.15, -0.1) is 0 Å². The quantitative estimate of drug-likeness (QED) is 0.916. The van der Waals surface area contributed by atoms with Crippen LogP contribution in [0.2, 0.25) is 0 Å². The Morgan fingerprint density at radius 1 is 1.32 bits per heavy atom. The lowest BCUT2D eigenvalue weighted by molar-refractivity contribution is 0.177. The lowest BCUT2D eigenvalue weighted by atomic mass is 10.0. The van der Waals surface area contributed by atoms with Gasteiger partial charge in [-0.1, -0.05) is 34.5 Å². The number of halogens is 1. The van der Waals surface area contributed by atoms with Crippen LogP contribution in [0, 0.1) is 0 Å². The number of hydrogen-bond acceptors (Lipinski definition) is 2. The van der Waals surface area contributed by atoms with Gasteiger partial charge < -0.3 is 10.2 Å². The fraction of sp³-hybridized carbons (Fsp3) is 0.625. The zero-order valence-electron chi connectivity index (χ0n) is 11.7. The number of nitrogens with one attached hydrogen (secondary N) is 1. The number of piperidine rings is 1. The smallest absolute Gasteiger partial charge is 0.0327 e. The van der Waals surface area contributed by atoms with E-state index < -0.39 is 0 Å². The molecule has 1 aromatic rings. The average molecular weight is 323 g/mol. The maximum absolute atomic E-state index is 3.80. The summed E-state index contributed by atoms with van der Waals surface area (Å²) in [5, 5.41) is 3.80. The summed E-state index contributed by atoms with van der Waals surface area (Å²) in [6.07, 6.45) is 6.56. The first kappa shape index (κ1) is 13.6. The van der Waals surface area contributed by atoms with Gasteiger partial charge in [0.05, 0.1) is 0 Å². The Morgan fingerprint density at radius 2 is 2.21 bits per heavy atom. The summed E-state index contributed by atoms with van der Waals surface area (Å²) in [5.41, 5.74) is 3.02. The van der Waals surface area contributed by atoms with E-state index in [2.05, 4.69) is 51.4 Å². The number of likely N-dealkylation sites (tertiary alicyclic amines) is 1. The molecular weight excluding hydrogens is 300 g/mol. The maximum Gasteiger partial charge on any atom is 0.0327 e. The molecule has 2 nitrogen and oxygen atoms in total. The van der Waals surface area contributed by atoms with Gasteiger partial charge in [-0.05, 0) is 56.5 Å². The van der Waals surface area contributed by atoms with E-state index >= 15 is 0 Å². The minimum atomic E-state index is 0.558. The molecule has 1 saturated heterocycles. The van der Waals surface area contributed by atoms with Gasteiger partial charge in [0.2, 0.25) is 0 Å². The van der Waals surface area contributed by atoms with Crippen molar-refractivity contribution in [3.8, 4) is 0 Å². The molecule has 3 heteroatoms. The standard InChI is InChI=1S/C16H23BrN2/c1-19-10-3-2-5-12(19)11-18-16-9-8-13-14(16)6-4-7-15(13)17/h4,6-7,12,16,18H,2-3,5,8-11H2,1H3. The normalized spacial score (nSPS) is 27.5. The average Bonchev–Trinajstić information content (AvgIpc) is 2.83. The molecule has 2 unspecified atom stereocenters. The molecule has 0 aromatic heterocycles. The second-order valence-corrected chi connectivity index (χ2v) is 6.79. The second kappa shape index (κ2) is 5.94. The number of hydrogen-bond donors (Lipinski definition) is 1. The summed E-state index contributed by atoms with van der Waals surface area (Å²) in [4.78, 5) is 2.52. The summed E-state index contributed by atoms with van der Waals surface area (Å²) in [6, 6.07) is 7.90. The van der Waals surface area contributed by atoms with Gasteiger partial charge in [-0.2, -0.15) is 0 Å². The molecule has 2 aliphatic rings. The minimum Gasteiger partial charge on any atom is -0.308 e. The molecule has 1 heterocycles. The van der Waals surface area contributed by atoms with Gasteiger partial charge in [0.15, 0.2) is 0 Å². The van der Waals surface area contributed by atoms with Crippen molar-refractivity contribution in [2.45, 2.75) is 44.2 Å². The van der Waals surface area contributed by atoms with Crippen LogP contribution < -0.4 is 5.32 Å². The monoisotopic (exact) mass is 322 g/mol. The van der Waals surface area contributed by atoms with Gasteiger partial charge in [-0.25, -0.2) is 0 Å². The van der Waals surface area contributed by atoms with Crippen molar-refractivity contribution in [2.24, 2.45) is 0 Å². The second-order valence-electron chi connectivity index (χ2n) is 5.94. The Hall–Kier alpha value is -0.380. The molecular formula is C16H23BrN2. The zero-order chi connectivity index (χ0) is 13.2. The predicted octanol–water partition coefficient (Wildman–Crippen LogP) is 3.51. The molecule has 0 bridgehead atoms. The molecule has 1 aliphatic heterocycles. The van der Waals surface area contributed by atoms with Crippen molar-refractivity contribution in [3.05, 3.63) is 33.8 Å². The van der Waals surface area contributed by atoms with Gasteiger partial charge in [0.1, 0.15) is 0 Å². The van der Waals surface area contributed by atoms with Crippen molar-refractivity contribution in [1.29, 1.82) is 0 Å². The lowest BCUT2D eigenvalue weighted by Gasteiger charge is -2.33. The maximum atomic E-state index is 3.80. The number of nitrogens with zero attached hydrogens (tertiary/aromatic N) is 1. The zero-order valence-corrected chi connectivity index (χ0v) is 13.2. The fourth-order valence-corrected chi connectivity index (χ4v) is 4.08. The van der Waals surface area contributed by atoms with E-state index in [9.17, 15) is 0 Å². The highest BCUT2D eigenvalue weighted by Gasteiger charge is 2.25. The largest absolute Gasteiger partial charge is 0.308 e. The molecule has 0 spiro atoms. The minimum absolute atomic E-state index is 0.558. The molecule has 1 aromatic carbocycles. The fourth-order valence-electron chi connectivity index (χ4n) is 3.50. The van der Waals surface area contributed by atoms with Gasteiger partial charge in [-0.3, -0.25) is 0 Å². The van der Waals surface area contributed by atoms with Gasteiger partial charge in [0, 0.05) is 23.1 Å². The number of rotatable bonds is 3. The Kier molecular flexibility index (Phi) is 4.25. The Balaban J connectivity index is 1.62. The third kappa shape index (κ3) is 2.88. The number of likely N-dealkylation sites (N-methyl/N-ethyl adjacent to an activating group) is 1. The molecule has 1 fully saturated rings. The molecule has 3 rings (SSSR count). The van der Waals surface area contributed by atoms with Crippen LogP contribution in [0.5, 0.6) is 0 Å². The van der Waals surface area contributed by atoms with Crippen molar-refractivity contribution in [2.75, 3.05) is 20.1 Å². The highest BCUT2D eigenvalue weighted by Crippen LogP contribution is 2.35. The summed E-state index contributed by atoms with van der Waals surface area (Å²) in [6.45, 7) is 2.40. The van der Waals surface area contributed by atoms with E-state index in [0.717, 1.165) is 12.6 Å². The third-order valence-electron chi connectivity index (χ3n) is 4.73. The van der Waals surface area contributed by atoms with Crippen LogP contribution in [0.15, 0.2) is 22.7 Å². The molecule has 1 N–H and O–H groups in total. The molecule has 19 heavy (non-hydrogen) atoms. The Morgan fingerprint density at radius 3 is 3.05 bits per heavy atom. The van der Waals surface area contributed by atoms with Crippen molar-refractivity contribution in [1.82, 2.24) is 10.2 Å². The van der Waals surface area contributed by atoms with Crippen molar-refractivity contribution < 1.29 is 0 Å². The summed E-state index contributed by atoms with van der Waals surface area (Å²) < 4.78 is 1.28. The molecule has 104 valence electrons. The highest BCUT2D eigenvalue weighted by atomic mass is 79.9. The van der Waals surface area contributed by atoms with Crippen LogP contribution in [-0.4, -0.2) is 31.1 Å². The van der Waals surface area contributed by atoms with Crippen LogP contribution in [0.3, 0.4) is 0 Å². The first-order valence-electron chi connectivity index (χ1n) is 7.46. The highest BCUT2D eigenvalue weighted by molar-refractivity contribution is 9.10. The first-order valence-corrected chi connectivity index (χ1v) is 8.26. The van der Waals surface area contributed by atoms with Crippen LogP contribution >= 0.6 is 15.9 Å². The van der Waals surface area contributed by atoms with E-state index in [4.69, 9.17) is 0 Å². The predicted molar refractivity (Wildman–Crippen MR) is 83.5 cm³/mol. The molecule has 2 atom stereocenters. The van der Waals surface area contributed by atoms with E-state index in [1.54, 1.807) is 0 Å². The van der Waals surface area contributed by atoms with E-state index in [-0.39, 0.29) is 0 Å². The summed E-state index contributed by atoms with van der Waals surface area (Å²) in [7, 11) is 2.27. The van der Waals surface area contributed by atoms with Crippen LogP contribution in [0.1, 0.15) is 42.9 Å². The first-order chi connectivity index (χ1) is 9.25. The van der Waals surface area contributed by atoms with E-state index in [0.29, 0.717) is 6.04 Å². The van der Waals surface area contributed by atoms with Crippen molar-refractivity contribution in [3.63, 3.8) is 0 Å². The number of fused-ring (bicyclic) bond motifs is 1. The third-order valence-corrected chi connectivity index (χ3v) is 5.48. The topological polar surface area (TPSA) is 15.3 Å². The summed E-state index contributed by atoms with van der Waals surface area (Å²) >= 11 is 3.68. The Bertz CT molecular complexity index is 446. The molecule has 0 amide bonds. The van der Waals surface area contributed by atoms with Crippen LogP contribution in [0.25, 0.3) is 0 Å². The molecule has 0 radical (unpaired) electrons. The number of benzene rings is 1. The lowest BCUT2D eigenvalue weighted by Crippen LogP contribution is -2.43. The van der Waals surface area contributed by atoms with E-state index in [1.165, 1.54) is 54.2 Å². The van der Waals surface area contributed by atoms with Crippen molar-refractivity contribution >= 4 is 15.9 Å². The SMILES string of the molecule is CN1CCCCC1CNC1CCc2c(Br)cccc21. The molecule has 0 saturated carbocycles. The summed E-state index contributed by atoms with van der Waals surface area (Å²) in [5.74, 6) is 0. The van der Waals surface area contributed by atoms with Crippen LogP contribution in [0.4, 0.5) is 0 Å². The van der Waals surface area contributed by atoms with Gasteiger partial charge >= 0.3 is 0 Å². The molecule has 1 aliphatic carbocycles. The van der Waals surface area contributed by atoms with Gasteiger partial charge in [0.25, 0.3) is 0 Å². The van der Waals surface area contributed by atoms with Crippen LogP contribution in [-0.2, 0) is 6.42 Å².